The molecule has 23 heavy (non-hydrogen) atoms. The lowest BCUT2D eigenvalue weighted by atomic mass is 9.84. The quantitative estimate of drug-likeness (QED) is 0.840. The highest BCUT2D eigenvalue weighted by atomic mass is 35.5. The van der Waals surface area contributed by atoms with Gasteiger partial charge in [-0.1, -0.05) is 49.9 Å². The molecule has 1 atom stereocenters. The Labute approximate surface area is 144 Å². The third kappa shape index (κ3) is 4.73. The van der Waals surface area contributed by atoms with E-state index in [1.54, 1.807) is 0 Å². The van der Waals surface area contributed by atoms with E-state index in [0.717, 1.165) is 36.4 Å². The Kier molecular flexibility index (Phi) is 6.10. The molecular formula is C19H25ClN2O. The predicted octanol–water partition coefficient (Wildman–Crippen LogP) is 3.22. The molecule has 1 saturated heterocycles. The fourth-order valence-corrected chi connectivity index (χ4v) is 3.15. The zero-order chi connectivity index (χ0) is 16.9. The SMILES string of the molecule is C#CCN1CCCCC1C(=O)NCC(C)(C)c1ccc(Cl)cc1. The first-order valence-corrected chi connectivity index (χ1v) is 8.53. The number of amides is 1. The van der Waals surface area contributed by atoms with Gasteiger partial charge in [0.1, 0.15) is 0 Å². The van der Waals surface area contributed by atoms with E-state index in [0.29, 0.717) is 13.1 Å². The van der Waals surface area contributed by atoms with Crippen LogP contribution in [0.1, 0.15) is 38.7 Å². The van der Waals surface area contributed by atoms with Crippen LogP contribution in [0.5, 0.6) is 0 Å². The summed E-state index contributed by atoms with van der Waals surface area (Å²) in [5, 5.41) is 3.83. The van der Waals surface area contributed by atoms with Crippen molar-refractivity contribution in [3.05, 3.63) is 34.9 Å². The van der Waals surface area contributed by atoms with Crippen LogP contribution in [-0.4, -0.2) is 36.5 Å². The molecule has 0 bridgehead atoms. The van der Waals surface area contributed by atoms with E-state index in [4.69, 9.17) is 18.0 Å². The predicted molar refractivity (Wildman–Crippen MR) is 95.5 cm³/mol. The number of carbonyl (C=O) groups is 1. The first-order chi connectivity index (χ1) is 10.9. The summed E-state index contributed by atoms with van der Waals surface area (Å²) >= 11 is 5.95. The van der Waals surface area contributed by atoms with Crippen molar-refractivity contribution in [2.24, 2.45) is 0 Å². The molecule has 124 valence electrons. The van der Waals surface area contributed by atoms with Gasteiger partial charge in [-0.05, 0) is 37.1 Å². The summed E-state index contributed by atoms with van der Waals surface area (Å²) in [6.45, 7) is 6.28. The van der Waals surface area contributed by atoms with Crippen molar-refractivity contribution in [2.45, 2.75) is 44.6 Å². The minimum atomic E-state index is -0.147. The number of piperidine rings is 1. The molecule has 1 aliphatic heterocycles. The van der Waals surface area contributed by atoms with E-state index in [1.165, 1.54) is 0 Å². The lowest BCUT2D eigenvalue weighted by molar-refractivity contribution is -0.127. The molecule has 0 saturated carbocycles. The molecule has 1 aromatic carbocycles. The number of benzene rings is 1. The normalized spacial score (nSPS) is 19.1. The van der Waals surface area contributed by atoms with Crippen LogP contribution < -0.4 is 5.32 Å². The number of carbonyl (C=O) groups excluding carboxylic acids is 1. The van der Waals surface area contributed by atoms with Crippen LogP contribution in [0, 0.1) is 12.3 Å². The topological polar surface area (TPSA) is 32.3 Å². The molecule has 1 aromatic rings. The van der Waals surface area contributed by atoms with Gasteiger partial charge < -0.3 is 5.32 Å². The second-order valence-electron chi connectivity index (χ2n) is 6.79. The summed E-state index contributed by atoms with van der Waals surface area (Å²) < 4.78 is 0. The Hall–Kier alpha value is -1.50. The second kappa shape index (κ2) is 7.86. The zero-order valence-electron chi connectivity index (χ0n) is 13.9. The third-order valence-electron chi connectivity index (χ3n) is 4.54. The van der Waals surface area contributed by atoms with E-state index in [2.05, 4.69) is 30.0 Å². The smallest absolute Gasteiger partial charge is 0.237 e. The minimum absolute atomic E-state index is 0.0852. The maximum Gasteiger partial charge on any atom is 0.237 e. The van der Waals surface area contributed by atoms with E-state index in [9.17, 15) is 4.79 Å². The lowest BCUT2D eigenvalue weighted by Crippen LogP contribution is -2.51. The van der Waals surface area contributed by atoms with Crippen molar-refractivity contribution in [1.82, 2.24) is 10.2 Å². The number of hydrogen-bond acceptors (Lipinski definition) is 2. The van der Waals surface area contributed by atoms with Crippen molar-refractivity contribution in [1.29, 1.82) is 0 Å². The van der Waals surface area contributed by atoms with Gasteiger partial charge in [-0.3, -0.25) is 9.69 Å². The van der Waals surface area contributed by atoms with Gasteiger partial charge in [0.2, 0.25) is 5.91 Å². The molecule has 1 fully saturated rings. The Morgan fingerprint density at radius 2 is 2.09 bits per heavy atom. The van der Waals surface area contributed by atoms with Gasteiger partial charge in [-0.25, -0.2) is 0 Å². The van der Waals surface area contributed by atoms with Gasteiger partial charge in [0, 0.05) is 17.0 Å². The van der Waals surface area contributed by atoms with Gasteiger partial charge in [-0.2, -0.15) is 0 Å². The summed E-state index contributed by atoms with van der Waals surface area (Å²) in [7, 11) is 0. The first-order valence-electron chi connectivity index (χ1n) is 8.15. The molecule has 0 aromatic heterocycles. The van der Waals surface area contributed by atoms with Crippen LogP contribution in [-0.2, 0) is 10.2 Å². The molecule has 0 radical (unpaired) electrons. The van der Waals surface area contributed by atoms with Gasteiger partial charge in [0.25, 0.3) is 0 Å². The minimum Gasteiger partial charge on any atom is -0.354 e. The standard InChI is InChI=1S/C19H25ClN2O/c1-4-12-22-13-6-5-7-17(22)18(23)21-14-19(2,3)15-8-10-16(20)11-9-15/h1,8-11,17H,5-7,12-14H2,2-3H3,(H,21,23). The number of nitrogens with zero attached hydrogens (tertiary/aromatic N) is 1. The number of terminal acetylenes is 1. The van der Waals surface area contributed by atoms with E-state index >= 15 is 0 Å². The molecular weight excluding hydrogens is 308 g/mol. The van der Waals surface area contributed by atoms with Crippen LogP contribution in [0.2, 0.25) is 5.02 Å². The number of rotatable bonds is 5. The molecule has 1 N–H and O–H groups in total. The summed E-state index contributed by atoms with van der Waals surface area (Å²) in [4.78, 5) is 14.7. The van der Waals surface area contributed by atoms with Gasteiger partial charge in [-0.15, -0.1) is 6.42 Å². The average Bonchev–Trinajstić information content (AvgIpc) is 2.54. The second-order valence-corrected chi connectivity index (χ2v) is 7.23. The first kappa shape index (κ1) is 17.8. The third-order valence-corrected chi connectivity index (χ3v) is 4.79. The fourth-order valence-electron chi connectivity index (χ4n) is 3.02. The Bertz CT molecular complexity index is 574. The van der Waals surface area contributed by atoms with E-state index < -0.39 is 0 Å². The Balaban J connectivity index is 1.97. The molecule has 1 unspecified atom stereocenters. The highest BCUT2D eigenvalue weighted by molar-refractivity contribution is 6.30. The average molecular weight is 333 g/mol. The zero-order valence-corrected chi connectivity index (χ0v) is 14.7. The van der Waals surface area contributed by atoms with Crippen LogP contribution in [0.3, 0.4) is 0 Å². The number of hydrogen-bond donors (Lipinski definition) is 1. The largest absolute Gasteiger partial charge is 0.354 e. The van der Waals surface area contributed by atoms with Crippen molar-refractivity contribution in [3.63, 3.8) is 0 Å². The molecule has 1 heterocycles. The van der Waals surface area contributed by atoms with Crippen molar-refractivity contribution < 1.29 is 4.79 Å². The van der Waals surface area contributed by atoms with Crippen LogP contribution in [0.4, 0.5) is 0 Å². The fraction of sp³-hybridized carbons (Fsp3) is 0.526. The van der Waals surface area contributed by atoms with Crippen molar-refractivity contribution in [3.8, 4) is 12.3 Å². The maximum atomic E-state index is 12.6. The number of nitrogens with one attached hydrogen (secondary N) is 1. The molecule has 1 amide bonds. The van der Waals surface area contributed by atoms with Crippen LogP contribution in [0.15, 0.2) is 24.3 Å². The molecule has 2 rings (SSSR count). The number of halogens is 1. The molecule has 0 spiro atoms. The van der Waals surface area contributed by atoms with Gasteiger partial charge >= 0.3 is 0 Å². The van der Waals surface area contributed by atoms with Crippen molar-refractivity contribution >= 4 is 17.5 Å². The van der Waals surface area contributed by atoms with E-state index in [1.807, 2.05) is 24.3 Å². The monoisotopic (exact) mass is 332 g/mol. The number of likely N-dealkylation sites (tertiary alicyclic amines) is 1. The summed E-state index contributed by atoms with van der Waals surface area (Å²) in [6, 6.07) is 7.70. The molecule has 0 aliphatic carbocycles. The molecule has 3 nitrogen and oxygen atoms in total. The summed E-state index contributed by atoms with van der Waals surface area (Å²) in [5.41, 5.74) is 1.01. The molecule has 1 aliphatic rings. The Morgan fingerprint density at radius 3 is 2.74 bits per heavy atom. The van der Waals surface area contributed by atoms with Crippen LogP contribution in [0.25, 0.3) is 0 Å². The highest BCUT2D eigenvalue weighted by Gasteiger charge is 2.29. The highest BCUT2D eigenvalue weighted by Crippen LogP contribution is 2.24. The Morgan fingerprint density at radius 1 is 1.39 bits per heavy atom. The maximum absolute atomic E-state index is 12.6. The molecule has 4 heteroatoms. The summed E-state index contributed by atoms with van der Waals surface area (Å²) in [6.07, 6.45) is 8.50. The van der Waals surface area contributed by atoms with E-state index in [-0.39, 0.29) is 17.4 Å². The van der Waals surface area contributed by atoms with Crippen LogP contribution >= 0.6 is 11.6 Å². The summed E-state index contributed by atoms with van der Waals surface area (Å²) in [5.74, 6) is 2.74. The van der Waals surface area contributed by atoms with Gasteiger partial charge in [0.15, 0.2) is 0 Å². The van der Waals surface area contributed by atoms with Gasteiger partial charge in [0.05, 0.1) is 12.6 Å². The van der Waals surface area contributed by atoms with Crippen molar-refractivity contribution in [2.75, 3.05) is 19.6 Å². The lowest BCUT2D eigenvalue weighted by Gasteiger charge is -2.34.